The summed E-state index contributed by atoms with van der Waals surface area (Å²) >= 11 is 0. The molecule has 0 saturated carbocycles. The van der Waals surface area contributed by atoms with Crippen molar-refractivity contribution in [3.8, 4) is 0 Å². The Labute approximate surface area is 125 Å². The number of fused-ring (bicyclic) bond motifs is 5. The predicted octanol–water partition coefficient (Wildman–Crippen LogP) is 2.43. The lowest BCUT2D eigenvalue weighted by molar-refractivity contribution is -0.150. The minimum absolute atomic E-state index is 0.00285. The topological polar surface area (TPSA) is 41.6 Å². The maximum atomic E-state index is 12.5. The molecule has 0 amide bonds. The van der Waals surface area contributed by atoms with Crippen LogP contribution in [0.2, 0.25) is 0 Å². The molecule has 112 valence electrons. The molecule has 3 aliphatic heterocycles. The molecule has 4 atom stereocenters. The van der Waals surface area contributed by atoms with Crippen molar-refractivity contribution < 1.29 is 9.53 Å². The Bertz CT molecular complexity index is 559. The fourth-order valence-corrected chi connectivity index (χ4v) is 4.64. The molecule has 4 rings (SSSR count). The standard InChI is InChI=1S/C17H22N2O2/c1-2-21-17(20)15-12-10-18-13-7-4-3-6-11(13)16(12)19-9-5-8-14(15)19/h3-4,6-7,12,14-16,18H,2,5,8-10H2,1H3/t12-,14-,15-,16-/m1/s1. The normalized spacial score (nSPS) is 33.8. The molecule has 4 nitrogen and oxygen atoms in total. The molecule has 0 radical (unpaired) electrons. The van der Waals surface area contributed by atoms with Gasteiger partial charge in [-0.05, 0) is 37.9 Å². The van der Waals surface area contributed by atoms with Crippen LogP contribution in [-0.2, 0) is 9.53 Å². The number of benzene rings is 1. The number of rotatable bonds is 2. The van der Waals surface area contributed by atoms with Crippen LogP contribution >= 0.6 is 0 Å². The van der Waals surface area contributed by atoms with Crippen LogP contribution < -0.4 is 5.32 Å². The molecule has 3 aliphatic rings. The predicted molar refractivity (Wildman–Crippen MR) is 81.0 cm³/mol. The van der Waals surface area contributed by atoms with Gasteiger partial charge in [0.2, 0.25) is 0 Å². The quantitative estimate of drug-likeness (QED) is 0.848. The number of nitrogens with zero attached hydrogens (tertiary/aromatic N) is 1. The Hall–Kier alpha value is -1.55. The molecule has 2 fully saturated rings. The zero-order chi connectivity index (χ0) is 14.4. The summed E-state index contributed by atoms with van der Waals surface area (Å²) in [5.74, 6) is 0.366. The van der Waals surface area contributed by atoms with Gasteiger partial charge in [-0.3, -0.25) is 9.69 Å². The third-order valence-electron chi connectivity index (χ3n) is 5.35. The number of hydrogen-bond acceptors (Lipinski definition) is 4. The van der Waals surface area contributed by atoms with Crippen molar-refractivity contribution in [3.05, 3.63) is 29.8 Å². The van der Waals surface area contributed by atoms with E-state index in [1.807, 2.05) is 6.92 Å². The van der Waals surface area contributed by atoms with Crippen molar-refractivity contribution in [2.75, 3.05) is 25.0 Å². The average molecular weight is 286 g/mol. The maximum absolute atomic E-state index is 12.5. The largest absolute Gasteiger partial charge is 0.466 e. The van der Waals surface area contributed by atoms with Crippen molar-refractivity contribution in [1.82, 2.24) is 4.90 Å². The van der Waals surface area contributed by atoms with E-state index in [9.17, 15) is 4.79 Å². The summed E-state index contributed by atoms with van der Waals surface area (Å²) in [6, 6.07) is 9.28. The minimum Gasteiger partial charge on any atom is -0.466 e. The third-order valence-corrected chi connectivity index (χ3v) is 5.35. The smallest absolute Gasteiger partial charge is 0.310 e. The number of esters is 1. The number of ether oxygens (including phenoxy) is 1. The van der Waals surface area contributed by atoms with Gasteiger partial charge in [0.05, 0.1) is 12.5 Å². The molecule has 3 heterocycles. The second kappa shape index (κ2) is 5.02. The highest BCUT2D eigenvalue weighted by molar-refractivity contribution is 5.75. The van der Waals surface area contributed by atoms with E-state index < -0.39 is 0 Å². The van der Waals surface area contributed by atoms with Gasteiger partial charge in [-0.2, -0.15) is 0 Å². The molecule has 1 aromatic carbocycles. The van der Waals surface area contributed by atoms with Crippen LogP contribution in [-0.4, -0.2) is 36.6 Å². The zero-order valence-corrected chi connectivity index (χ0v) is 12.4. The van der Waals surface area contributed by atoms with Gasteiger partial charge in [0.1, 0.15) is 0 Å². The molecule has 4 heteroatoms. The lowest BCUT2D eigenvalue weighted by Crippen LogP contribution is -2.35. The van der Waals surface area contributed by atoms with E-state index in [-0.39, 0.29) is 11.9 Å². The first-order valence-corrected chi connectivity index (χ1v) is 8.06. The fourth-order valence-electron chi connectivity index (χ4n) is 4.64. The van der Waals surface area contributed by atoms with Crippen LogP contribution in [0.4, 0.5) is 5.69 Å². The van der Waals surface area contributed by atoms with Crippen LogP contribution in [0.1, 0.15) is 31.4 Å². The van der Waals surface area contributed by atoms with Crippen LogP contribution in [0.3, 0.4) is 0 Å². The molecule has 0 aliphatic carbocycles. The number of hydrogen-bond donors (Lipinski definition) is 1. The van der Waals surface area contributed by atoms with E-state index in [0.717, 1.165) is 19.5 Å². The molecule has 2 saturated heterocycles. The first-order valence-electron chi connectivity index (χ1n) is 8.06. The molecule has 21 heavy (non-hydrogen) atoms. The summed E-state index contributed by atoms with van der Waals surface area (Å²) in [6.45, 7) is 4.35. The zero-order valence-electron chi connectivity index (χ0n) is 12.4. The van der Waals surface area contributed by atoms with Gasteiger partial charge in [-0.1, -0.05) is 18.2 Å². The van der Waals surface area contributed by atoms with Gasteiger partial charge in [0.15, 0.2) is 0 Å². The van der Waals surface area contributed by atoms with E-state index in [0.29, 0.717) is 24.6 Å². The molecule has 0 spiro atoms. The molecule has 1 N–H and O–H groups in total. The van der Waals surface area contributed by atoms with Crippen LogP contribution in [0.5, 0.6) is 0 Å². The third kappa shape index (κ3) is 1.89. The first kappa shape index (κ1) is 13.1. The van der Waals surface area contributed by atoms with Crippen LogP contribution in [0.15, 0.2) is 24.3 Å². The maximum Gasteiger partial charge on any atom is 0.310 e. The van der Waals surface area contributed by atoms with Crippen molar-refractivity contribution in [2.45, 2.75) is 31.8 Å². The van der Waals surface area contributed by atoms with Crippen molar-refractivity contribution in [2.24, 2.45) is 11.8 Å². The first-order chi connectivity index (χ1) is 10.3. The van der Waals surface area contributed by atoms with E-state index >= 15 is 0 Å². The van der Waals surface area contributed by atoms with Gasteiger partial charge in [-0.25, -0.2) is 0 Å². The molecule has 0 bridgehead atoms. The van der Waals surface area contributed by atoms with Gasteiger partial charge >= 0.3 is 5.97 Å². The number of carbonyl (C=O) groups is 1. The summed E-state index contributed by atoms with van der Waals surface area (Å²) in [7, 11) is 0. The minimum atomic E-state index is 0.00285. The Morgan fingerprint density at radius 2 is 2.29 bits per heavy atom. The van der Waals surface area contributed by atoms with Gasteiger partial charge in [0, 0.05) is 30.2 Å². The Kier molecular flexibility index (Phi) is 3.14. The van der Waals surface area contributed by atoms with Crippen LogP contribution in [0, 0.1) is 11.8 Å². The van der Waals surface area contributed by atoms with E-state index in [1.165, 1.54) is 17.7 Å². The fraction of sp³-hybridized carbons (Fsp3) is 0.588. The molecular weight excluding hydrogens is 264 g/mol. The summed E-state index contributed by atoms with van der Waals surface area (Å²) in [5, 5.41) is 3.52. The SMILES string of the molecule is CCOC(=O)[C@@H]1[C@H]2CNc3ccccc3[C@H]2N2CCC[C@H]12. The monoisotopic (exact) mass is 286 g/mol. The summed E-state index contributed by atoms with van der Waals surface area (Å²) < 4.78 is 5.38. The van der Waals surface area contributed by atoms with Crippen molar-refractivity contribution in [1.29, 1.82) is 0 Å². The van der Waals surface area contributed by atoms with Crippen LogP contribution in [0.25, 0.3) is 0 Å². The highest BCUT2D eigenvalue weighted by Gasteiger charge is 2.55. The molecular formula is C17H22N2O2. The van der Waals surface area contributed by atoms with Crippen molar-refractivity contribution >= 4 is 11.7 Å². The molecule has 0 aromatic heterocycles. The number of nitrogens with one attached hydrogen (secondary N) is 1. The number of para-hydroxylation sites is 1. The van der Waals surface area contributed by atoms with Crippen molar-refractivity contribution in [3.63, 3.8) is 0 Å². The van der Waals surface area contributed by atoms with E-state index in [4.69, 9.17) is 4.74 Å². The summed E-state index contributed by atoms with van der Waals surface area (Å²) in [6.07, 6.45) is 2.32. The Morgan fingerprint density at radius 1 is 1.43 bits per heavy atom. The van der Waals surface area contributed by atoms with Gasteiger partial charge in [0.25, 0.3) is 0 Å². The number of carbonyl (C=O) groups excluding carboxylic acids is 1. The van der Waals surface area contributed by atoms with E-state index in [2.05, 4.69) is 34.5 Å². The lowest BCUT2D eigenvalue weighted by atomic mass is 9.80. The Morgan fingerprint density at radius 3 is 3.14 bits per heavy atom. The van der Waals surface area contributed by atoms with Gasteiger partial charge < -0.3 is 10.1 Å². The Balaban J connectivity index is 1.73. The molecule has 1 aromatic rings. The highest BCUT2D eigenvalue weighted by atomic mass is 16.5. The summed E-state index contributed by atoms with van der Waals surface area (Å²) in [5.41, 5.74) is 2.58. The molecule has 0 unspecified atom stereocenters. The highest BCUT2D eigenvalue weighted by Crippen LogP contribution is 2.52. The summed E-state index contributed by atoms with van der Waals surface area (Å²) in [4.78, 5) is 15.0. The lowest BCUT2D eigenvalue weighted by Gasteiger charge is -2.34. The number of anilines is 1. The van der Waals surface area contributed by atoms with E-state index in [1.54, 1.807) is 0 Å². The van der Waals surface area contributed by atoms with Gasteiger partial charge in [-0.15, -0.1) is 0 Å². The average Bonchev–Trinajstić information content (AvgIpc) is 3.06. The second-order valence-corrected chi connectivity index (χ2v) is 6.30. The second-order valence-electron chi connectivity index (χ2n) is 6.30.